The molecule has 7 nitrogen and oxygen atoms in total. The summed E-state index contributed by atoms with van der Waals surface area (Å²) in [4.78, 5) is 12.8. The number of nitrogens with zero attached hydrogens (tertiary/aromatic N) is 2. The first-order valence-electron chi connectivity index (χ1n) is 8.81. The summed E-state index contributed by atoms with van der Waals surface area (Å²) in [7, 11) is -2.79. The van der Waals surface area contributed by atoms with Crippen molar-refractivity contribution in [2.24, 2.45) is 0 Å². The van der Waals surface area contributed by atoms with E-state index < -0.39 is 26.6 Å². The molecule has 10 heteroatoms. The van der Waals surface area contributed by atoms with Gasteiger partial charge >= 0.3 is 0 Å². The summed E-state index contributed by atoms with van der Waals surface area (Å²) >= 11 is 0. The van der Waals surface area contributed by atoms with Crippen molar-refractivity contribution in [3.63, 3.8) is 0 Å². The number of carbonyl (C=O) groups is 1. The highest BCUT2D eigenvalue weighted by Crippen LogP contribution is 2.23. The Hall–Kier alpha value is -2.72. The second kappa shape index (κ2) is 8.75. The summed E-state index contributed by atoms with van der Waals surface area (Å²) in [5.41, 5.74) is 0. The van der Waals surface area contributed by atoms with Gasteiger partial charge in [0, 0.05) is 26.2 Å². The summed E-state index contributed by atoms with van der Waals surface area (Å²) in [5.74, 6) is -1.44. The van der Waals surface area contributed by atoms with Gasteiger partial charge in [-0.2, -0.15) is 4.31 Å². The van der Waals surface area contributed by atoms with Crippen molar-refractivity contribution in [1.82, 2.24) is 9.21 Å². The van der Waals surface area contributed by atoms with Crippen molar-refractivity contribution < 1.29 is 31.5 Å². The lowest BCUT2D eigenvalue weighted by Gasteiger charge is -2.34. The van der Waals surface area contributed by atoms with Crippen LogP contribution < -0.4 is 9.47 Å². The van der Waals surface area contributed by atoms with E-state index in [-0.39, 0.29) is 38.7 Å². The number of carbonyl (C=O) groups excluding carboxylic acids is 1. The number of sulfonamides is 1. The predicted octanol–water partition coefficient (Wildman–Crippen LogP) is 1.89. The van der Waals surface area contributed by atoms with Gasteiger partial charge in [0.05, 0.1) is 7.11 Å². The number of ether oxygens (including phenoxy) is 2. The SMILES string of the molecule is COc1ccc(OCC(=O)N2CCN(S(=O)(=O)c3c(F)cccc3F)CC2)cc1. The molecule has 2 aromatic rings. The van der Waals surface area contributed by atoms with Crippen LogP contribution in [0.15, 0.2) is 47.4 Å². The molecule has 0 aromatic heterocycles. The average molecular weight is 426 g/mol. The van der Waals surface area contributed by atoms with E-state index in [1.54, 1.807) is 31.4 Å². The molecule has 2 aromatic carbocycles. The number of rotatable bonds is 6. The zero-order valence-corrected chi connectivity index (χ0v) is 16.5. The van der Waals surface area contributed by atoms with Crippen LogP contribution in [0.2, 0.25) is 0 Å². The Morgan fingerprint density at radius 3 is 2.07 bits per heavy atom. The molecule has 0 radical (unpaired) electrons. The van der Waals surface area contributed by atoms with Gasteiger partial charge in [-0.1, -0.05) is 6.07 Å². The van der Waals surface area contributed by atoms with Gasteiger partial charge in [-0.15, -0.1) is 0 Å². The molecule has 1 aliphatic rings. The summed E-state index contributed by atoms with van der Waals surface area (Å²) < 4.78 is 64.4. The van der Waals surface area contributed by atoms with Gasteiger partial charge in [0.2, 0.25) is 10.0 Å². The molecule has 3 rings (SSSR count). The van der Waals surface area contributed by atoms with Crippen molar-refractivity contribution in [1.29, 1.82) is 0 Å². The predicted molar refractivity (Wildman–Crippen MR) is 100 cm³/mol. The molecule has 0 atom stereocenters. The molecule has 1 fully saturated rings. The molecule has 0 saturated carbocycles. The van der Waals surface area contributed by atoms with Crippen LogP contribution >= 0.6 is 0 Å². The zero-order chi connectivity index (χ0) is 21.0. The van der Waals surface area contributed by atoms with Crippen molar-refractivity contribution in [2.45, 2.75) is 4.90 Å². The summed E-state index contributed by atoms with van der Waals surface area (Å²) in [6.45, 7) is -0.143. The van der Waals surface area contributed by atoms with E-state index in [9.17, 15) is 22.0 Å². The topological polar surface area (TPSA) is 76.2 Å². The number of halogens is 2. The lowest BCUT2D eigenvalue weighted by Crippen LogP contribution is -2.51. The molecule has 1 saturated heterocycles. The molecule has 0 aliphatic carbocycles. The van der Waals surface area contributed by atoms with Gasteiger partial charge in [0.15, 0.2) is 11.5 Å². The minimum Gasteiger partial charge on any atom is -0.497 e. The van der Waals surface area contributed by atoms with Gasteiger partial charge in [0.1, 0.15) is 23.1 Å². The third-order valence-electron chi connectivity index (χ3n) is 4.53. The lowest BCUT2D eigenvalue weighted by molar-refractivity contribution is -0.134. The molecule has 1 heterocycles. The smallest absolute Gasteiger partial charge is 0.260 e. The Balaban J connectivity index is 1.57. The minimum absolute atomic E-state index is 0.0651. The Bertz CT molecular complexity index is 954. The summed E-state index contributed by atoms with van der Waals surface area (Å²) in [5, 5.41) is 0. The van der Waals surface area contributed by atoms with Crippen LogP contribution in [0.1, 0.15) is 0 Å². The Kier molecular flexibility index (Phi) is 6.33. The van der Waals surface area contributed by atoms with Crippen LogP contribution in [0.4, 0.5) is 8.78 Å². The van der Waals surface area contributed by atoms with Crippen molar-refractivity contribution in [2.75, 3.05) is 39.9 Å². The van der Waals surface area contributed by atoms with Gasteiger partial charge < -0.3 is 14.4 Å². The first-order valence-corrected chi connectivity index (χ1v) is 10.3. The van der Waals surface area contributed by atoms with E-state index in [2.05, 4.69) is 0 Å². The third kappa shape index (κ3) is 4.65. The number of methoxy groups -OCH3 is 1. The molecule has 29 heavy (non-hydrogen) atoms. The molecule has 0 spiro atoms. The highest BCUT2D eigenvalue weighted by atomic mass is 32.2. The quantitative estimate of drug-likeness (QED) is 0.705. The number of hydrogen-bond acceptors (Lipinski definition) is 5. The van der Waals surface area contributed by atoms with Crippen LogP contribution in [0.3, 0.4) is 0 Å². The fourth-order valence-electron chi connectivity index (χ4n) is 2.94. The van der Waals surface area contributed by atoms with Crippen LogP contribution in [-0.2, 0) is 14.8 Å². The van der Waals surface area contributed by atoms with Gasteiger partial charge in [-0.3, -0.25) is 4.79 Å². The van der Waals surface area contributed by atoms with E-state index in [1.165, 1.54) is 4.90 Å². The standard InChI is InChI=1S/C19H20F2N2O5S/c1-27-14-5-7-15(8-6-14)28-13-18(24)22-9-11-23(12-10-22)29(25,26)19-16(20)3-2-4-17(19)21/h2-8H,9-13H2,1H3. The van der Waals surface area contributed by atoms with Gasteiger partial charge in [-0.05, 0) is 36.4 Å². The first kappa shape index (κ1) is 21.0. The Labute approximate surface area is 167 Å². The largest absolute Gasteiger partial charge is 0.497 e. The van der Waals surface area contributed by atoms with Crippen molar-refractivity contribution in [3.05, 3.63) is 54.1 Å². The normalized spacial score (nSPS) is 15.2. The van der Waals surface area contributed by atoms with E-state index in [4.69, 9.17) is 9.47 Å². The van der Waals surface area contributed by atoms with Crippen molar-refractivity contribution >= 4 is 15.9 Å². The van der Waals surface area contributed by atoms with Crippen molar-refractivity contribution in [3.8, 4) is 11.5 Å². The third-order valence-corrected chi connectivity index (χ3v) is 6.48. The van der Waals surface area contributed by atoms with Crippen LogP contribution in [0.25, 0.3) is 0 Å². The highest BCUT2D eigenvalue weighted by molar-refractivity contribution is 7.89. The lowest BCUT2D eigenvalue weighted by atomic mass is 10.3. The highest BCUT2D eigenvalue weighted by Gasteiger charge is 2.34. The maximum atomic E-state index is 13.9. The number of amides is 1. The Morgan fingerprint density at radius 2 is 1.52 bits per heavy atom. The second-order valence-electron chi connectivity index (χ2n) is 6.30. The molecule has 0 unspecified atom stereocenters. The first-order chi connectivity index (χ1) is 13.8. The molecule has 1 amide bonds. The monoisotopic (exact) mass is 426 g/mol. The summed E-state index contributed by atoms with van der Waals surface area (Å²) in [6.07, 6.45) is 0. The van der Waals surface area contributed by atoms with Crippen LogP contribution in [0, 0.1) is 11.6 Å². The molecule has 156 valence electrons. The second-order valence-corrected chi connectivity index (χ2v) is 8.17. The number of hydrogen-bond donors (Lipinski definition) is 0. The minimum atomic E-state index is -4.33. The van der Waals surface area contributed by atoms with E-state index in [0.717, 1.165) is 22.5 Å². The summed E-state index contributed by atoms with van der Waals surface area (Å²) in [6, 6.07) is 9.62. The molecule has 0 bridgehead atoms. The molecule has 1 aliphatic heterocycles. The van der Waals surface area contributed by atoms with E-state index in [1.807, 2.05) is 0 Å². The average Bonchev–Trinajstić information content (AvgIpc) is 2.72. The Morgan fingerprint density at radius 1 is 0.966 bits per heavy atom. The molecular weight excluding hydrogens is 406 g/mol. The van der Waals surface area contributed by atoms with Crippen LogP contribution in [0.5, 0.6) is 11.5 Å². The zero-order valence-electron chi connectivity index (χ0n) is 15.7. The number of benzene rings is 2. The molecule has 0 N–H and O–H groups in total. The van der Waals surface area contributed by atoms with Gasteiger partial charge in [0.25, 0.3) is 5.91 Å². The fourth-order valence-corrected chi connectivity index (χ4v) is 4.48. The van der Waals surface area contributed by atoms with E-state index in [0.29, 0.717) is 11.5 Å². The molecular formula is C19H20F2N2O5S. The van der Waals surface area contributed by atoms with Crippen LogP contribution in [-0.4, -0.2) is 63.4 Å². The van der Waals surface area contributed by atoms with E-state index >= 15 is 0 Å². The number of piperazine rings is 1. The van der Waals surface area contributed by atoms with Gasteiger partial charge in [-0.25, -0.2) is 17.2 Å². The fraction of sp³-hybridized carbons (Fsp3) is 0.316. The maximum absolute atomic E-state index is 13.9. The maximum Gasteiger partial charge on any atom is 0.260 e.